The quantitative estimate of drug-likeness (QED) is 0.304. The lowest BCUT2D eigenvalue weighted by Crippen LogP contribution is -2.19. The van der Waals surface area contributed by atoms with E-state index in [2.05, 4.69) is 15.2 Å². The molecule has 1 N–H and O–H groups in total. The molecule has 1 aromatic heterocycles. The van der Waals surface area contributed by atoms with Gasteiger partial charge in [0.2, 0.25) is 0 Å². The number of carbonyl (C=O) groups is 2. The van der Waals surface area contributed by atoms with Gasteiger partial charge in [0.25, 0.3) is 11.6 Å². The molecule has 3 rings (SSSR count). The van der Waals surface area contributed by atoms with Crippen LogP contribution in [-0.2, 0) is 10.9 Å². The minimum absolute atomic E-state index is 0.0765. The van der Waals surface area contributed by atoms with Crippen LogP contribution in [0.1, 0.15) is 33.3 Å². The summed E-state index contributed by atoms with van der Waals surface area (Å²) in [5, 5.41) is 16.8. The molecule has 0 saturated carbocycles. The van der Waals surface area contributed by atoms with Crippen LogP contribution in [0.5, 0.6) is 0 Å². The molecule has 0 atom stereocenters. The molecule has 0 saturated heterocycles. The van der Waals surface area contributed by atoms with Gasteiger partial charge < -0.3 is 10.1 Å². The first-order valence-electron chi connectivity index (χ1n) is 9.21. The Morgan fingerprint density at radius 3 is 2.55 bits per heavy atom. The molecule has 0 bridgehead atoms. The maximum atomic E-state index is 13.7. The molecule has 172 valence electrons. The second-order valence-electron chi connectivity index (χ2n) is 6.46. The van der Waals surface area contributed by atoms with Crippen molar-refractivity contribution in [3.63, 3.8) is 0 Å². The zero-order valence-corrected chi connectivity index (χ0v) is 17.5. The summed E-state index contributed by atoms with van der Waals surface area (Å²) in [5.74, 6) is -1.91. The fourth-order valence-electron chi connectivity index (χ4n) is 2.89. The fourth-order valence-corrected chi connectivity index (χ4v) is 3.15. The highest BCUT2D eigenvalue weighted by atomic mass is 35.5. The number of ether oxygens (including phenoxy) is 1. The summed E-state index contributed by atoms with van der Waals surface area (Å²) < 4.78 is 46.3. The number of rotatable bonds is 6. The first-order chi connectivity index (χ1) is 15.5. The third kappa shape index (κ3) is 5.12. The standard InChI is InChI=1S/C20H14ClF3N4O5/c1-2-33-19(30)15-10-25-27(17(15)20(22,23)24)12-5-3-4-11(8-12)26-18(29)14-7-6-13(28(31)32)9-16(14)21/h3-10H,2H2,1H3,(H,26,29). The van der Waals surface area contributed by atoms with E-state index in [1.807, 2.05) is 0 Å². The predicted octanol–water partition coefficient (Wildman–Crippen LogP) is 4.88. The SMILES string of the molecule is CCOC(=O)c1cnn(-c2cccc(NC(=O)c3ccc([N+](=O)[O-])cc3Cl)c2)c1C(F)(F)F. The van der Waals surface area contributed by atoms with Gasteiger partial charge in [-0.2, -0.15) is 18.3 Å². The van der Waals surface area contributed by atoms with Gasteiger partial charge in [-0.25, -0.2) is 9.48 Å². The topological polar surface area (TPSA) is 116 Å². The van der Waals surface area contributed by atoms with E-state index in [0.717, 1.165) is 24.4 Å². The second-order valence-corrected chi connectivity index (χ2v) is 6.87. The van der Waals surface area contributed by atoms with E-state index in [1.54, 1.807) is 0 Å². The number of benzene rings is 2. The number of halogens is 4. The predicted molar refractivity (Wildman–Crippen MR) is 111 cm³/mol. The summed E-state index contributed by atoms with van der Waals surface area (Å²) in [4.78, 5) is 34.6. The number of aromatic nitrogens is 2. The summed E-state index contributed by atoms with van der Waals surface area (Å²) >= 11 is 5.94. The third-order valence-electron chi connectivity index (χ3n) is 4.29. The second kappa shape index (κ2) is 9.28. The van der Waals surface area contributed by atoms with Crippen LogP contribution in [0.25, 0.3) is 5.69 Å². The number of nitro groups is 1. The molecule has 0 spiro atoms. The number of anilines is 1. The highest BCUT2D eigenvalue weighted by Crippen LogP contribution is 2.34. The average Bonchev–Trinajstić information content (AvgIpc) is 3.20. The zero-order chi connectivity index (χ0) is 24.3. The normalized spacial score (nSPS) is 11.2. The lowest BCUT2D eigenvalue weighted by molar-refractivity contribution is -0.384. The van der Waals surface area contributed by atoms with Gasteiger partial charge in [-0.1, -0.05) is 17.7 Å². The van der Waals surface area contributed by atoms with E-state index in [1.165, 1.54) is 31.2 Å². The van der Waals surface area contributed by atoms with Gasteiger partial charge >= 0.3 is 12.1 Å². The number of amides is 1. The van der Waals surface area contributed by atoms with Crippen molar-refractivity contribution in [1.29, 1.82) is 0 Å². The van der Waals surface area contributed by atoms with Gasteiger partial charge in [-0.15, -0.1) is 0 Å². The Labute approximate surface area is 188 Å². The molecule has 1 heterocycles. The molecule has 0 aliphatic carbocycles. The van der Waals surface area contributed by atoms with Gasteiger partial charge in [0.05, 0.1) is 34.0 Å². The van der Waals surface area contributed by atoms with Crippen molar-refractivity contribution < 1.29 is 32.4 Å². The Morgan fingerprint density at radius 1 is 1.21 bits per heavy atom. The monoisotopic (exact) mass is 482 g/mol. The molecule has 0 aliphatic heterocycles. The number of nitro benzene ring substituents is 1. The Balaban J connectivity index is 1.94. The molecule has 0 fully saturated rings. The number of esters is 1. The van der Waals surface area contributed by atoms with Crippen LogP contribution in [-0.4, -0.2) is 33.2 Å². The van der Waals surface area contributed by atoms with Gasteiger partial charge in [-0.3, -0.25) is 14.9 Å². The van der Waals surface area contributed by atoms with E-state index in [-0.39, 0.29) is 34.3 Å². The summed E-state index contributed by atoms with van der Waals surface area (Å²) in [6.07, 6.45) is -4.17. The highest BCUT2D eigenvalue weighted by molar-refractivity contribution is 6.34. The van der Waals surface area contributed by atoms with Crippen molar-refractivity contribution in [1.82, 2.24) is 9.78 Å². The molecule has 0 aliphatic rings. The van der Waals surface area contributed by atoms with Gasteiger partial charge in [0.15, 0.2) is 5.69 Å². The molecular formula is C20H14ClF3N4O5. The molecule has 2 aromatic carbocycles. The van der Waals surface area contributed by atoms with Crippen molar-refractivity contribution in [2.45, 2.75) is 13.1 Å². The fraction of sp³-hybridized carbons (Fsp3) is 0.150. The first-order valence-corrected chi connectivity index (χ1v) is 9.58. The number of hydrogen-bond donors (Lipinski definition) is 1. The molecule has 9 nitrogen and oxygen atoms in total. The van der Waals surface area contributed by atoms with Crippen LogP contribution in [0.15, 0.2) is 48.7 Å². The molecule has 0 unspecified atom stereocenters. The van der Waals surface area contributed by atoms with Crippen LogP contribution in [0.4, 0.5) is 24.5 Å². The van der Waals surface area contributed by atoms with Crippen molar-refractivity contribution >= 4 is 34.9 Å². The van der Waals surface area contributed by atoms with E-state index in [0.29, 0.717) is 4.68 Å². The molecule has 13 heteroatoms. The van der Waals surface area contributed by atoms with Crippen molar-refractivity contribution in [2.24, 2.45) is 0 Å². The number of carbonyl (C=O) groups excluding carboxylic acids is 2. The van der Waals surface area contributed by atoms with E-state index < -0.39 is 34.2 Å². The van der Waals surface area contributed by atoms with Crippen molar-refractivity contribution in [3.8, 4) is 5.69 Å². The minimum Gasteiger partial charge on any atom is -0.462 e. The van der Waals surface area contributed by atoms with E-state index in [4.69, 9.17) is 11.6 Å². The third-order valence-corrected chi connectivity index (χ3v) is 4.60. The number of nitrogens with one attached hydrogen (secondary N) is 1. The van der Waals surface area contributed by atoms with Crippen LogP contribution in [0, 0.1) is 10.1 Å². The van der Waals surface area contributed by atoms with Crippen LogP contribution in [0.2, 0.25) is 5.02 Å². The summed E-state index contributed by atoms with van der Waals surface area (Å²) in [6.45, 7) is 1.34. The van der Waals surface area contributed by atoms with E-state index >= 15 is 0 Å². The highest BCUT2D eigenvalue weighted by Gasteiger charge is 2.41. The largest absolute Gasteiger partial charge is 0.462 e. The van der Waals surface area contributed by atoms with Gasteiger partial charge in [-0.05, 0) is 31.2 Å². The van der Waals surface area contributed by atoms with Crippen LogP contribution >= 0.6 is 11.6 Å². The lowest BCUT2D eigenvalue weighted by Gasteiger charge is -2.13. The molecule has 33 heavy (non-hydrogen) atoms. The number of nitrogens with zero attached hydrogens (tertiary/aromatic N) is 3. The maximum Gasteiger partial charge on any atom is 0.434 e. The zero-order valence-electron chi connectivity index (χ0n) is 16.7. The molecule has 3 aromatic rings. The molecule has 0 radical (unpaired) electrons. The number of alkyl halides is 3. The number of hydrogen-bond acceptors (Lipinski definition) is 6. The summed E-state index contributed by atoms with van der Waals surface area (Å²) in [7, 11) is 0. The smallest absolute Gasteiger partial charge is 0.434 e. The molecule has 1 amide bonds. The Kier molecular flexibility index (Phi) is 6.68. The van der Waals surface area contributed by atoms with Crippen molar-refractivity contribution in [3.05, 3.63) is 80.6 Å². The summed E-state index contributed by atoms with van der Waals surface area (Å²) in [5.41, 5.74) is -2.47. The van der Waals surface area contributed by atoms with Crippen LogP contribution < -0.4 is 5.32 Å². The van der Waals surface area contributed by atoms with Crippen molar-refractivity contribution in [2.75, 3.05) is 11.9 Å². The van der Waals surface area contributed by atoms with Gasteiger partial charge in [0, 0.05) is 17.8 Å². The minimum atomic E-state index is -4.93. The Morgan fingerprint density at radius 2 is 1.94 bits per heavy atom. The maximum absolute atomic E-state index is 13.7. The van der Waals surface area contributed by atoms with Gasteiger partial charge in [0.1, 0.15) is 5.56 Å². The van der Waals surface area contributed by atoms with Crippen LogP contribution in [0.3, 0.4) is 0 Å². The average molecular weight is 483 g/mol. The van der Waals surface area contributed by atoms with E-state index in [9.17, 15) is 32.9 Å². The Bertz CT molecular complexity index is 1240. The Hall–Kier alpha value is -3.93. The lowest BCUT2D eigenvalue weighted by atomic mass is 10.2. The molecular weight excluding hydrogens is 469 g/mol. The summed E-state index contributed by atoms with van der Waals surface area (Å²) in [6, 6.07) is 8.52. The number of non-ortho nitro benzene ring substituents is 1. The first kappa shape index (κ1) is 23.7.